The summed E-state index contributed by atoms with van der Waals surface area (Å²) >= 11 is 0. The fourth-order valence-electron chi connectivity index (χ4n) is 1.96. The molecular weight excluding hydrogens is 228 g/mol. The molecule has 0 atom stereocenters. The number of carbonyl (C=O) groups excluding carboxylic acids is 1. The lowest BCUT2D eigenvalue weighted by molar-refractivity contribution is -0.122. The van der Waals surface area contributed by atoms with Gasteiger partial charge in [0.15, 0.2) is 6.61 Å². The topological polar surface area (TPSA) is 50.4 Å². The van der Waals surface area contributed by atoms with E-state index in [0.717, 1.165) is 23.4 Å². The first kappa shape index (κ1) is 14.5. The van der Waals surface area contributed by atoms with Crippen LogP contribution < -0.4 is 15.4 Å². The van der Waals surface area contributed by atoms with Crippen LogP contribution >= 0.6 is 0 Å². The molecule has 0 aliphatic heterocycles. The summed E-state index contributed by atoms with van der Waals surface area (Å²) in [6.07, 6.45) is 0. The summed E-state index contributed by atoms with van der Waals surface area (Å²) in [5.41, 5.74) is 3.34. The highest BCUT2D eigenvalue weighted by Crippen LogP contribution is 2.24. The molecule has 0 aliphatic carbocycles. The van der Waals surface area contributed by atoms with Gasteiger partial charge >= 0.3 is 0 Å². The van der Waals surface area contributed by atoms with Crippen LogP contribution in [0.3, 0.4) is 0 Å². The Bertz CT molecular complexity index is 393. The molecule has 2 N–H and O–H groups in total. The van der Waals surface area contributed by atoms with E-state index in [1.807, 2.05) is 27.8 Å². The summed E-state index contributed by atoms with van der Waals surface area (Å²) in [6.45, 7) is 7.42. The lowest BCUT2D eigenvalue weighted by atomic mass is 10.1. The van der Waals surface area contributed by atoms with E-state index in [-0.39, 0.29) is 12.5 Å². The second-order valence-corrected chi connectivity index (χ2v) is 4.33. The number of aryl methyl sites for hydroxylation is 2. The van der Waals surface area contributed by atoms with Gasteiger partial charge in [-0.25, -0.2) is 0 Å². The Kier molecular flexibility index (Phi) is 5.65. The average molecular weight is 250 g/mol. The summed E-state index contributed by atoms with van der Waals surface area (Å²) in [6, 6.07) is 4.16. The van der Waals surface area contributed by atoms with E-state index < -0.39 is 0 Å². The third-order valence-electron chi connectivity index (χ3n) is 2.62. The van der Waals surface area contributed by atoms with Crippen LogP contribution in [-0.4, -0.2) is 26.1 Å². The zero-order valence-corrected chi connectivity index (χ0v) is 11.6. The predicted molar refractivity (Wildman–Crippen MR) is 72.9 cm³/mol. The molecule has 0 radical (unpaired) electrons. The Morgan fingerprint density at radius 2 is 1.89 bits per heavy atom. The van der Waals surface area contributed by atoms with Crippen LogP contribution in [-0.2, 0) is 11.3 Å². The lowest BCUT2D eigenvalue weighted by Crippen LogP contribution is -2.28. The molecule has 1 aromatic rings. The standard InChI is InChI=1S/C14H22N2O2/c1-5-16-13(17)9-18-14-10(2)6-12(8-15-4)7-11(14)3/h6-7,15H,5,8-9H2,1-4H3,(H,16,17). The largest absolute Gasteiger partial charge is 0.483 e. The second kappa shape index (κ2) is 7.01. The third kappa shape index (κ3) is 4.04. The van der Waals surface area contributed by atoms with Crippen LogP contribution in [0.1, 0.15) is 23.6 Å². The lowest BCUT2D eigenvalue weighted by Gasteiger charge is -2.13. The van der Waals surface area contributed by atoms with Gasteiger partial charge in [-0.2, -0.15) is 0 Å². The Balaban J connectivity index is 2.74. The average Bonchev–Trinajstić information content (AvgIpc) is 2.28. The van der Waals surface area contributed by atoms with E-state index in [1.165, 1.54) is 5.56 Å². The molecule has 1 aromatic carbocycles. The molecule has 0 fully saturated rings. The predicted octanol–water partition coefficient (Wildman–Crippen LogP) is 1.54. The Labute approximate surface area is 109 Å². The van der Waals surface area contributed by atoms with E-state index in [0.29, 0.717) is 6.54 Å². The molecule has 0 saturated heterocycles. The molecule has 4 nitrogen and oxygen atoms in total. The summed E-state index contributed by atoms with van der Waals surface area (Å²) < 4.78 is 5.58. The van der Waals surface area contributed by atoms with Crippen LogP contribution in [0.15, 0.2) is 12.1 Å². The molecule has 0 aliphatic rings. The van der Waals surface area contributed by atoms with Crippen molar-refractivity contribution in [3.8, 4) is 5.75 Å². The molecular formula is C14H22N2O2. The SMILES string of the molecule is CCNC(=O)COc1c(C)cc(CNC)cc1C. The Hall–Kier alpha value is -1.55. The maximum Gasteiger partial charge on any atom is 0.257 e. The fourth-order valence-corrected chi connectivity index (χ4v) is 1.96. The van der Waals surface area contributed by atoms with Gasteiger partial charge in [0.2, 0.25) is 0 Å². The minimum atomic E-state index is -0.0874. The first-order chi connectivity index (χ1) is 8.58. The molecule has 0 aromatic heterocycles. The smallest absolute Gasteiger partial charge is 0.257 e. The highest BCUT2D eigenvalue weighted by molar-refractivity contribution is 5.77. The Morgan fingerprint density at radius 3 is 2.39 bits per heavy atom. The highest BCUT2D eigenvalue weighted by atomic mass is 16.5. The van der Waals surface area contributed by atoms with Crippen molar-refractivity contribution in [1.29, 1.82) is 0 Å². The number of amides is 1. The number of benzene rings is 1. The van der Waals surface area contributed by atoms with Crippen LogP contribution in [0.25, 0.3) is 0 Å². The van der Waals surface area contributed by atoms with Crippen molar-refractivity contribution in [1.82, 2.24) is 10.6 Å². The number of rotatable bonds is 6. The van der Waals surface area contributed by atoms with Crippen molar-refractivity contribution >= 4 is 5.91 Å². The molecule has 1 rings (SSSR count). The molecule has 100 valence electrons. The van der Waals surface area contributed by atoms with Gasteiger partial charge in [0.05, 0.1) is 0 Å². The first-order valence-corrected chi connectivity index (χ1v) is 6.22. The number of hydrogen-bond donors (Lipinski definition) is 2. The van der Waals surface area contributed by atoms with Crippen LogP contribution in [0.4, 0.5) is 0 Å². The molecule has 0 spiro atoms. The highest BCUT2D eigenvalue weighted by Gasteiger charge is 2.08. The normalized spacial score (nSPS) is 10.2. The van der Waals surface area contributed by atoms with Crippen LogP contribution in [0, 0.1) is 13.8 Å². The van der Waals surface area contributed by atoms with Gasteiger partial charge in [-0.15, -0.1) is 0 Å². The van der Waals surface area contributed by atoms with E-state index in [2.05, 4.69) is 22.8 Å². The maximum absolute atomic E-state index is 11.4. The van der Waals surface area contributed by atoms with E-state index in [1.54, 1.807) is 0 Å². The van der Waals surface area contributed by atoms with Crippen LogP contribution in [0.2, 0.25) is 0 Å². The summed E-state index contributed by atoms with van der Waals surface area (Å²) in [7, 11) is 1.92. The number of ether oxygens (including phenoxy) is 1. The van der Waals surface area contributed by atoms with Crippen molar-refractivity contribution in [2.45, 2.75) is 27.3 Å². The maximum atomic E-state index is 11.4. The second-order valence-electron chi connectivity index (χ2n) is 4.33. The molecule has 0 saturated carbocycles. The molecule has 0 unspecified atom stereocenters. The van der Waals surface area contributed by atoms with Crippen LogP contribution in [0.5, 0.6) is 5.75 Å². The monoisotopic (exact) mass is 250 g/mol. The van der Waals surface area contributed by atoms with Crippen molar-refractivity contribution < 1.29 is 9.53 Å². The third-order valence-corrected chi connectivity index (χ3v) is 2.62. The van der Waals surface area contributed by atoms with Gasteiger partial charge in [-0.05, 0) is 44.5 Å². The molecule has 4 heteroatoms. The summed E-state index contributed by atoms with van der Waals surface area (Å²) in [5, 5.41) is 5.83. The molecule has 0 bridgehead atoms. The van der Waals surface area contributed by atoms with Gasteiger partial charge in [0, 0.05) is 13.1 Å². The van der Waals surface area contributed by atoms with E-state index >= 15 is 0 Å². The molecule has 1 amide bonds. The van der Waals surface area contributed by atoms with Crippen molar-refractivity contribution in [3.05, 3.63) is 28.8 Å². The zero-order chi connectivity index (χ0) is 13.5. The summed E-state index contributed by atoms with van der Waals surface area (Å²) in [5.74, 6) is 0.719. The van der Waals surface area contributed by atoms with Gasteiger partial charge in [-0.1, -0.05) is 12.1 Å². The van der Waals surface area contributed by atoms with Gasteiger partial charge < -0.3 is 15.4 Å². The minimum absolute atomic E-state index is 0.0703. The van der Waals surface area contributed by atoms with E-state index in [9.17, 15) is 4.79 Å². The summed E-state index contributed by atoms with van der Waals surface area (Å²) in [4.78, 5) is 11.4. The van der Waals surface area contributed by atoms with Crippen molar-refractivity contribution in [3.63, 3.8) is 0 Å². The van der Waals surface area contributed by atoms with Crippen molar-refractivity contribution in [2.24, 2.45) is 0 Å². The number of carbonyl (C=O) groups is 1. The number of likely N-dealkylation sites (N-methyl/N-ethyl adjacent to an activating group) is 1. The minimum Gasteiger partial charge on any atom is -0.483 e. The van der Waals surface area contributed by atoms with E-state index in [4.69, 9.17) is 4.74 Å². The van der Waals surface area contributed by atoms with Crippen molar-refractivity contribution in [2.75, 3.05) is 20.2 Å². The van der Waals surface area contributed by atoms with Gasteiger partial charge in [0.25, 0.3) is 5.91 Å². The fraction of sp³-hybridized carbons (Fsp3) is 0.500. The first-order valence-electron chi connectivity index (χ1n) is 6.22. The molecule has 18 heavy (non-hydrogen) atoms. The number of nitrogens with one attached hydrogen (secondary N) is 2. The number of hydrogen-bond acceptors (Lipinski definition) is 3. The quantitative estimate of drug-likeness (QED) is 0.805. The molecule has 0 heterocycles. The zero-order valence-electron chi connectivity index (χ0n) is 11.6. The van der Waals surface area contributed by atoms with Gasteiger partial charge in [-0.3, -0.25) is 4.79 Å². The van der Waals surface area contributed by atoms with Gasteiger partial charge in [0.1, 0.15) is 5.75 Å². The Morgan fingerprint density at radius 1 is 1.28 bits per heavy atom.